The van der Waals surface area contributed by atoms with Crippen LogP contribution in [0, 0.1) is 18.6 Å². The minimum absolute atomic E-state index is 0.0416. The highest BCUT2D eigenvalue weighted by Gasteiger charge is 2.31. The normalized spacial score (nSPS) is 14.4. The summed E-state index contributed by atoms with van der Waals surface area (Å²) in [4.78, 5) is 19.7. The Labute approximate surface area is 174 Å². The first-order chi connectivity index (χ1) is 14.1. The first-order valence-electron chi connectivity index (χ1n) is 10.2. The summed E-state index contributed by atoms with van der Waals surface area (Å²) >= 11 is 0. The molecule has 5 nitrogen and oxygen atoms in total. The molecule has 1 aliphatic rings. The number of aryl methyl sites for hydroxylation is 1. The number of fused-ring (bicyclic) bond motifs is 1. The average Bonchev–Trinajstić information content (AvgIpc) is 3.45. The number of hydrogen-bond donors (Lipinski definition) is 0. The highest BCUT2D eigenvalue weighted by Crippen LogP contribution is 2.41. The summed E-state index contributed by atoms with van der Waals surface area (Å²) in [6.07, 6.45) is 2.12. The monoisotopic (exact) mass is 412 g/mol. The van der Waals surface area contributed by atoms with E-state index in [9.17, 15) is 13.6 Å². The predicted octanol–water partition coefficient (Wildman–Crippen LogP) is 4.92. The zero-order valence-corrected chi connectivity index (χ0v) is 18.0. The van der Waals surface area contributed by atoms with Gasteiger partial charge in [0.1, 0.15) is 11.6 Å². The van der Waals surface area contributed by atoms with Crippen LogP contribution >= 0.6 is 0 Å². The zero-order chi connectivity index (χ0) is 21.8. The van der Waals surface area contributed by atoms with Crippen LogP contribution in [0.2, 0.25) is 0 Å². The van der Waals surface area contributed by atoms with Crippen molar-refractivity contribution >= 4 is 16.9 Å². The predicted molar refractivity (Wildman–Crippen MR) is 111 cm³/mol. The van der Waals surface area contributed by atoms with Crippen LogP contribution in [0.5, 0.6) is 0 Å². The standard InChI is InChI=1S/C23H26F2N4O/c1-13-20-17(22(30)28(5)12-15-8-9-16(24)10-18(15)25)11-19(14-6-7-14)26-21(20)29(27-13)23(2,3)4/h8-11,14H,6-7,12H2,1-5H3. The van der Waals surface area contributed by atoms with Crippen molar-refractivity contribution in [3.63, 3.8) is 0 Å². The summed E-state index contributed by atoms with van der Waals surface area (Å²) in [5.41, 5.74) is 2.85. The van der Waals surface area contributed by atoms with Crippen molar-refractivity contribution in [1.29, 1.82) is 0 Å². The van der Waals surface area contributed by atoms with E-state index in [0.29, 0.717) is 17.1 Å². The molecule has 1 amide bonds. The fourth-order valence-electron chi connectivity index (χ4n) is 3.72. The van der Waals surface area contributed by atoms with Crippen molar-refractivity contribution in [1.82, 2.24) is 19.7 Å². The SMILES string of the molecule is Cc1nn(C(C)(C)C)c2nc(C3CC3)cc(C(=O)N(C)Cc3ccc(F)cc3F)c12. The van der Waals surface area contributed by atoms with Gasteiger partial charge in [0.05, 0.1) is 22.2 Å². The molecule has 1 fully saturated rings. The lowest BCUT2D eigenvalue weighted by molar-refractivity contribution is 0.0785. The molecule has 0 saturated heterocycles. The Morgan fingerprint density at radius 1 is 1.23 bits per heavy atom. The molecule has 3 aromatic rings. The summed E-state index contributed by atoms with van der Waals surface area (Å²) in [5.74, 6) is -1.17. The third-order valence-corrected chi connectivity index (χ3v) is 5.46. The number of aromatic nitrogens is 3. The molecular weight excluding hydrogens is 386 g/mol. The Kier molecular flexibility index (Phi) is 4.87. The highest BCUT2D eigenvalue weighted by atomic mass is 19.1. The molecule has 2 aromatic heterocycles. The van der Waals surface area contributed by atoms with Gasteiger partial charge >= 0.3 is 0 Å². The van der Waals surface area contributed by atoms with Gasteiger partial charge in [-0.3, -0.25) is 4.79 Å². The van der Waals surface area contributed by atoms with Crippen LogP contribution < -0.4 is 0 Å². The molecule has 1 saturated carbocycles. The van der Waals surface area contributed by atoms with E-state index in [2.05, 4.69) is 25.9 Å². The molecule has 0 radical (unpaired) electrons. The second-order valence-electron chi connectivity index (χ2n) is 9.13. The molecule has 30 heavy (non-hydrogen) atoms. The van der Waals surface area contributed by atoms with E-state index < -0.39 is 11.6 Å². The number of amides is 1. The maximum Gasteiger partial charge on any atom is 0.254 e. The summed E-state index contributed by atoms with van der Waals surface area (Å²) in [6.45, 7) is 8.07. The minimum Gasteiger partial charge on any atom is -0.337 e. The topological polar surface area (TPSA) is 51.0 Å². The van der Waals surface area contributed by atoms with Gasteiger partial charge in [0.2, 0.25) is 0 Å². The molecule has 0 bridgehead atoms. The number of carbonyl (C=O) groups is 1. The van der Waals surface area contributed by atoms with Gasteiger partial charge in [0.25, 0.3) is 5.91 Å². The zero-order valence-electron chi connectivity index (χ0n) is 18.0. The summed E-state index contributed by atoms with van der Waals surface area (Å²) in [6, 6.07) is 5.27. The highest BCUT2D eigenvalue weighted by molar-refractivity contribution is 6.06. The van der Waals surface area contributed by atoms with E-state index in [4.69, 9.17) is 4.98 Å². The lowest BCUT2D eigenvalue weighted by Crippen LogP contribution is -2.27. The summed E-state index contributed by atoms with van der Waals surface area (Å²) in [7, 11) is 1.62. The number of pyridine rings is 1. The van der Waals surface area contributed by atoms with Gasteiger partial charge < -0.3 is 4.90 Å². The van der Waals surface area contributed by atoms with Crippen LogP contribution in [0.15, 0.2) is 24.3 Å². The van der Waals surface area contributed by atoms with E-state index in [0.717, 1.165) is 35.7 Å². The van der Waals surface area contributed by atoms with E-state index in [1.807, 2.05) is 17.7 Å². The Morgan fingerprint density at radius 3 is 2.53 bits per heavy atom. The first kappa shape index (κ1) is 20.4. The van der Waals surface area contributed by atoms with Gasteiger partial charge in [-0.25, -0.2) is 18.4 Å². The van der Waals surface area contributed by atoms with Gasteiger partial charge in [-0.2, -0.15) is 5.10 Å². The molecule has 4 rings (SSSR count). The van der Waals surface area contributed by atoms with Gasteiger partial charge in [-0.05, 0) is 52.7 Å². The molecule has 0 aliphatic heterocycles. The molecule has 0 spiro atoms. The van der Waals surface area contributed by atoms with Crippen LogP contribution in [-0.4, -0.2) is 32.6 Å². The fraction of sp³-hybridized carbons (Fsp3) is 0.435. The van der Waals surface area contributed by atoms with Crippen LogP contribution in [0.25, 0.3) is 11.0 Å². The van der Waals surface area contributed by atoms with Crippen molar-refractivity contribution in [2.75, 3.05) is 7.05 Å². The average molecular weight is 412 g/mol. The molecule has 0 unspecified atom stereocenters. The molecule has 1 aliphatic carbocycles. The number of carbonyl (C=O) groups excluding carboxylic acids is 1. The number of nitrogens with zero attached hydrogens (tertiary/aromatic N) is 4. The van der Waals surface area contributed by atoms with Crippen LogP contribution in [0.4, 0.5) is 8.78 Å². The first-order valence-corrected chi connectivity index (χ1v) is 10.2. The Hall–Kier alpha value is -2.83. The fourth-order valence-corrected chi connectivity index (χ4v) is 3.72. The van der Waals surface area contributed by atoms with Gasteiger partial charge in [0, 0.05) is 36.8 Å². The number of halogens is 2. The smallest absolute Gasteiger partial charge is 0.254 e. The van der Waals surface area contributed by atoms with Gasteiger partial charge in [-0.1, -0.05) is 6.07 Å². The molecule has 0 atom stereocenters. The Bertz CT molecular complexity index is 1140. The second kappa shape index (κ2) is 7.15. The van der Waals surface area contributed by atoms with Crippen LogP contribution in [0.1, 0.15) is 66.8 Å². The van der Waals surface area contributed by atoms with Gasteiger partial charge in [0.15, 0.2) is 5.65 Å². The van der Waals surface area contributed by atoms with Crippen molar-refractivity contribution in [2.45, 2.75) is 58.5 Å². The van der Waals surface area contributed by atoms with Gasteiger partial charge in [-0.15, -0.1) is 0 Å². The molecule has 2 heterocycles. The maximum absolute atomic E-state index is 14.1. The third-order valence-electron chi connectivity index (χ3n) is 5.46. The molecule has 0 N–H and O–H groups in total. The lowest BCUT2D eigenvalue weighted by atomic mass is 10.1. The number of benzene rings is 1. The van der Waals surface area contributed by atoms with E-state index in [1.54, 1.807) is 7.05 Å². The van der Waals surface area contributed by atoms with Crippen LogP contribution in [0.3, 0.4) is 0 Å². The minimum atomic E-state index is -0.662. The van der Waals surface area contributed by atoms with Crippen molar-refractivity contribution < 1.29 is 13.6 Å². The second-order valence-corrected chi connectivity index (χ2v) is 9.13. The quantitative estimate of drug-likeness (QED) is 0.611. The summed E-state index contributed by atoms with van der Waals surface area (Å²) in [5, 5.41) is 5.40. The van der Waals surface area contributed by atoms with E-state index in [1.165, 1.54) is 17.0 Å². The molecule has 1 aromatic carbocycles. The molecule has 158 valence electrons. The lowest BCUT2D eigenvalue weighted by Gasteiger charge is -2.21. The largest absolute Gasteiger partial charge is 0.337 e. The van der Waals surface area contributed by atoms with Crippen molar-refractivity contribution in [3.05, 3.63) is 58.4 Å². The van der Waals surface area contributed by atoms with Crippen molar-refractivity contribution in [3.8, 4) is 0 Å². The van der Waals surface area contributed by atoms with Crippen molar-refractivity contribution in [2.24, 2.45) is 0 Å². The van der Waals surface area contributed by atoms with Crippen LogP contribution in [-0.2, 0) is 12.1 Å². The van der Waals surface area contributed by atoms with E-state index in [-0.39, 0.29) is 23.6 Å². The Morgan fingerprint density at radius 2 is 1.93 bits per heavy atom. The number of hydrogen-bond acceptors (Lipinski definition) is 3. The maximum atomic E-state index is 14.1. The molecule has 7 heteroatoms. The third kappa shape index (κ3) is 3.68. The summed E-state index contributed by atoms with van der Waals surface area (Å²) < 4.78 is 29.2. The molecular formula is C23H26F2N4O. The number of rotatable bonds is 4. The Balaban J connectivity index is 1.78. The van der Waals surface area contributed by atoms with E-state index >= 15 is 0 Å².